The standard InChI is InChI=1S/C10H16F3N5OS/c1-6(2)3-4-15-7(19)5-20-9-17-16-8(18(9)14)10(11,12)13/h6H,3-5,14H2,1-2H3,(H,15,19). The number of nitrogens with zero attached hydrogens (tertiary/aromatic N) is 3. The van der Waals surface area contributed by atoms with E-state index >= 15 is 0 Å². The second kappa shape index (κ2) is 6.82. The third-order valence-corrected chi connectivity index (χ3v) is 3.24. The summed E-state index contributed by atoms with van der Waals surface area (Å²) in [4.78, 5) is 11.5. The number of aromatic nitrogens is 3. The van der Waals surface area contributed by atoms with Crippen LogP contribution in [0.5, 0.6) is 0 Å². The molecule has 0 atom stereocenters. The third kappa shape index (κ3) is 4.91. The molecule has 0 aliphatic carbocycles. The molecule has 1 aromatic rings. The van der Waals surface area contributed by atoms with Crippen molar-refractivity contribution < 1.29 is 18.0 Å². The van der Waals surface area contributed by atoms with Gasteiger partial charge in [0.1, 0.15) is 0 Å². The number of amides is 1. The quantitative estimate of drug-likeness (QED) is 0.610. The van der Waals surface area contributed by atoms with Gasteiger partial charge in [-0.1, -0.05) is 25.6 Å². The van der Waals surface area contributed by atoms with Crippen LogP contribution in [0.1, 0.15) is 26.1 Å². The van der Waals surface area contributed by atoms with Crippen LogP contribution in [0.15, 0.2) is 5.16 Å². The largest absolute Gasteiger partial charge is 0.453 e. The fourth-order valence-electron chi connectivity index (χ4n) is 1.25. The van der Waals surface area contributed by atoms with Crippen molar-refractivity contribution in [2.24, 2.45) is 5.92 Å². The summed E-state index contributed by atoms with van der Waals surface area (Å²) in [6.45, 7) is 4.58. The van der Waals surface area contributed by atoms with Crippen molar-refractivity contribution in [2.45, 2.75) is 31.6 Å². The number of halogens is 3. The molecule has 3 N–H and O–H groups in total. The number of thioether (sulfide) groups is 1. The third-order valence-electron chi connectivity index (χ3n) is 2.29. The van der Waals surface area contributed by atoms with Crippen molar-refractivity contribution in [1.29, 1.82) is 0 Å². The van der Waals surface area contributed by atoms with E-state index in [-0.39, 0.29) is 16.8 Å². The molecule has 0 saturated heterocycles. The Labute approximate surface area is 118 Å². The number of nitrogen functional groups attached to an aromatic ring is 1. The van der Waals surface area contributed by atoms with E-state index in [0.717, 1.165) is 18.2 Å². The predicted molar refractivity (Wildman–Crippen MR) is 68.4 cm³/mol. The lowest BCUT2D eigenvalue weighted by molar-refractivity contribution is -0.146. The van der Waals surface area contributed by atoms with Gasteiger partial charge < -0.3 is 11.2 Å². The Morgan fingerprint density at radius 3 is 2.60 bits per heavy atom. The molecule has 20 heavy (non-hydrogen) atoms. The van der Waals surface area contributed by atoms with Crippen LogP contribution in [0.25, 0.3) is 0 Å². The van der Waals surface area contributed by atoms with Crippen LogP contribution in [-0.4, -0.2) is 33.1 Å². The molecule has 0 unspecified atom stereocenters. The average Bonchev–Trinajstić information content (AvgIpc) is 2.67. The Morgan fingerprint density at radius 1 is 1.45 bits per heavy atom. The van der Waals surface area contributed by atoms with Gasteiger partial charge in [0.15, 0.2) is 0 Å². The van der Waals surface area contributed by atoms with Crippen molar-refractivity contribution in [3.8, 4) is 0 Å². The molecular formula is C10H16F3N5OS. The van der Waals surface area contributed by atoms with Gasteiger partial charge in [0.05, 0.1) is 5.75 Å². The van der Waals surface area contributed by atoms with Crippen LogP contribution < -0.4 is 11.2 Å². The van der Waals surface area contributed by atoms with Crippen LogP contribution in [0.4, 0.5) is 13.2 Å². The van der Waals surface area contributed by atoms with E-state index in [0.29, 0.717) is 17.1 Å². The Balaban J connectivity index is 2.46. The number of carbonyl (C=O) groups is 1. The number of hydrogen-bond donors (Lipinski definition) is 2. The molecule has 0 aliphatic heterocycles. The zero-order valence-electron chi connectivity index (χ0n) is 11.1. The van der Waals surface area contributed by atoms with Crippen molar-refractivity contribution in [3.05, 3.63) is 5.82 Å². The van der Waals surface area contributed by atoms with E-state index in [1.54, 1.807) is 0 Å². The molecule has 0 saturated carbocycles. The Morgan fingerprint density at radius 2 is 2.10 bits per heavy atom. The minimum absolute atomic E-state index is 0.0642. The van der Waals surface area contributed by atoms with Crippen LogP contribution in [0.2, 0.25) is 0 Å². The number of nitrogens with two attached hydrogens (primary N) is 1. The topological polar surface area (TPSA) is 85.8 Å². The molecule has 6 nitrogen and oxygen atoms in total. The van der Waals surface area contributed by atoms with Gasteiger partial charge in [0, 0.05) is 6.54 Å². The smallest absolute Gasteiger partial charge is 0.355 e. The normalized spacial score (nSPS) is 11.9. The van der Waals surface area contributed by atoms with E-state index in [1.165, 1.54) is 0 Å². The van der Waals surface area contributed by atoms with Gasteiger partial charge in [0.2, 0.25) is 11.1 Å². The monoisotopic (exact) mass is 311 g/mol. The molecule has 0 aliphatic rings. The molecule has 1 amide bonds. The van der Waals surface area contributed by atoms with Crippen LogP contribution >= 0.6 is 11.8 Å². The highest BCUT2D eigenvalue weighted by molar-refractivity contribution is 7.99. The van der Waals surface area contributed by atoms with E-state index in [4.69, 9.17) is 5.84 Å². The molecule has 1 rings (SSSR count). The van der Waals surface area contributed by atoms with Crippen LogP contribution in [0.3, 0.4) is 0 Å². The lowest BCUT2D eigenvalue weighted by Crippen LogP contribution is -2.27. The number of carbonyl (C=O) groups excluding carboxylic acids is 1. The SMILES string of the molecule is CC(C)CCNC(=O)CSc1nnc(C(F)(F)F)n1N. The molecule has 114 valence electrons. The maximum atomic E-state index is 12.4. The summed E-state index contributed by atoms with van der Waals surface area (Å²) in [6.07, 6.45) is -3.83. The van der Waals surface area contributed by atoms with E-state index < -0.39 is 12.0 Å². The van der Waals surface area contributed by atoms with Crippen molar-refractivity contribution >= 4 is 17.7 Å². The fourth-order valence-corrected chi connectivity index (χ4v) is 1.94. The lowest BCUT2D eigenvalue weighted by atomic mass is 10.1. The predicted octanol–water partition coefficient (Wildman–Crippen LogP) is 1.27. The number of rotatable bonds is 6. The van der Waals surface area contributed by atoms with Gasteiger partial charge in [-0.15, -0.1) is 10.2 Å². The maximum absolute atomic E-state index is 12.4. The van der Waals surface area contributed by atoms with Gasteiger partial charge in [0.25, 0.3) is 5.82 Å². The Hall–Kier alpha value is -1.45. The molecule has 0 bridgehead atoms. The summed E-state index contributed by atoms with van der Waals surface area (Å²) in [7, 11) is 0. The average molecular weight is 311 g/mol. The zero-order chi connectivity index (χ0) is 15.3. The Bertz CT molecular complexity index is 460. The highest BCUT2D eigenvalue weighted by Crippen LogP contribution is 2.28. The molecular weight excluding hydrogens is 295 g/mol. The first-order chi connectivity index (χ1) is 9.21. The molecule has 0 fully saturated rings. The van der Waals surface area contributed by atoms with Gasteiger partial charge in [-0.3, -0.25) is 4.79 Å². The molecule has 0 radical (unpaired) electrons. The minimum Gasteiger partial charge on any atom is -0.355 e. The summed E-state index contributed by atoms with van der Waals surface area (Å²) < 4.78 is 37.6. The van der Waals surface area contributed by atoms with Gasteiger partial charge in [-0.2, -0.15) is 13.2 Å². The fraction of sp³-hybridized carbons (Fsp3) is 0.700. The van der Waals surface area contributed by atoms with Crippen LogP contribution in [0, 0.1) is 5.92 Å². The van der Waals surface area contributed by atoms with Gasteiger partial charge in [-0.25, -0.2) is 4.68 Å². The van der Waals surface area contributed by atoms with E-state index in [1.807, 2.05) is 13.8 Å². The highest BCUT2D eigenvalue weighted by Gasteiger charge is 2.38. The highest BCUT2D eigenvalue weighted by atomic mass is 32.2. The number of nitrogens with one attached hydrogen (secondary N) is 1. The first kappa shape index (κ1) is 16.6. The lowest BCUT2D eigenvalue weighted by Gasteiger charge is -2.07. The second-order valence-electron chi connectivity index (χ2n) is 4.50. The molecule has 0 spiro atoms. The first-order valence-electron chi connectivity index (χ1n) is 5.89. The molecule has 0 aromatic carbocycles. The summed E-state index contributed by atoms with van der Waals surface area (Å²) in [5.41, 5.74) is 0. The van der Waals surface area contributed by atoms with Crippen molar-refractivity contribution in [3.63, 3.8) is 0 Å². The molecule has 1 heterocycles. The van der Waals surface area contributed by atoms with Crippen molar-refractivity contribution in [1.82, 2.24) is 20.2 Å². The Kier molecular flexibility index (Phi) is 5.66. The maximum Gasteiger partial charge on any atom is 0.453 e. The van der Waals surface area contributed by atoms with Crippen LogP contribution in [-0.2, 0) is 11.0 Å². The van der Waals surface area contributed by atoms with Crippen molar-refractivity contribution in [2.75, 3.05) is 18.1 Å². The van der Waals surface area contributed by atoms with E-state index in [2.05, 4.69) is 15.5 Å². The first-order valence-corrected chi connectivity index (χ1v) is 6.87. The number of hydrogen-bond acceptors (Lipinski definition) is 5. The summed E-state index contributed by atoms with van der Waals surface area (Å²) in [5, 5.41) is 8.78. The zero-order valence-corrected chi connectivity index (χ0v) is 11.9. The van der Waals surface area contributed by atoms with E-state index in [9.17, 15) is 18.0 Å². The van der Waals surface area contributed by atoms with Gasteiger partial charge >= 0.3 is 6.18 Å². The number of alkyl halides is 3. The summed E-state index contributed by atoms with van der Waals surface area (Å²) >= 11 is 0.803. The summed E-state index contributed by atoms with van der Waals surface area (Å²) in [5.74, 6) is 4.06. The van der Waals surface area contributed by atoms with Gasteiger partial charge in [-0.05, 0) is 12.3 Å². The second-order valence-corrected chi connectivity index (χ2v) is 5.44. The minimum atomic E-state index is -4.67. The molecule has 1 aromatic heterocycles. The molecule has 10 heteroatoms. The summed E-state index contributed by atoms with van der Waals surface area (Å²) in [6, 6.07) is 0.